The van der Waals surface area contributed by atoms with Gasteiger partial charge in [-0.3, -0.25) is 4.40 Å². The van der Waals surface area contributed by atoms with Gasteiger partial charge >= 0.3 is 0 Å². The Hall–Kier alpha value is -1.90. The van der Waals surface area contributed by atoms with E-state index in [0.29, 0.717) is 0 Å². The summed E-state index contributed by atoms with van der Waals surface area (Å²) < 4.78 is 2.99. The Morgan fingerprint density at radius 3 is 3.04 bits per heavy atom. The number of nitrogens with zero attached hydrogens (tertiary/aromatic N) is 4. The van der Waals surface area contributed by atoms with Gasteiger partial charge in [0.05, 0.1) is 5.69 Å². The summed E-state index contributed by atoms with van der Waals surface area (Å²) in [7, 11) is 0. The molecule has 0 atom stereocenters. The topological polar surface area (TPSA) is 55.1 Å². The van der Waals surface area contributed by atoms with Crippen LogP contribution < -0.4 is 5.32 Å². The molecule has 0 unspecified atom stereocenters. The maximum atomic E-state index is 4.59. The van der Waals surface area contributed by atoms with Crippen molar-refractivity contribution in [2.24, 2.45) is 0 Å². The molecule has 1 N–H and O–H groups in total. The highest BCUT2D eigenvalue weighted by Gasteiger charge is 2.09. The van der Waals surface area contributed by atoms with E-state index in [1.807, 2.05) is 22.0 Å². The second-order valence-corrected chi connectivity index (χ2v) is 8.43. The molecule has 1 aromatic carbocycles. The number of benzene rings is 1. The lowest BCUT2D eigenvalue weighted by Crippen LogP contribution is -1.94. The molecule has 3 heterocycles. The highest BCUT2D eigenvalue weighted by Crippen LogP contribution is 2.31. The van der Waals surface area contributed by atoms with Gasteiger partial charge in [0, 0.05) is 29.2 Å². The minimum atomic E-state index is 0.798. The fourth-order valence-corrected chi connectivity index (χ4v) is 4.67. The largest absolute Gasteiger partial charge is 0.330 e. The van der Waals surface area contributed by atoms with Gasteiger partial charge in [-0.1, -0.05) is 35.2 Å². The van der Waals surface area contributed by atoms with Crippen molar-refractivity contribution in [2.45, 2.75) is 23.9 Å². The van der Waals surface area contributed by atoms with Crippen molar-refractivity contribution in [3.8, 4) is 0 Å². The van der Waals surface area contributed by atoms with E-state index in [2.05, 4.69) is 52.7 Å². The Morgan fingerprint density at radius 1 is 1.25 bits per heavy atom. The summed E-state index contributed by atoms with van der Waals surface area (Å²) >= 11 is 4.88. The van der Waals surface area contributed by atoms with Crippen molar-refractivity contribution < 1.29 is 0 Å². The SMILES string of the molecule is Cc1cccc(Nc2nnc(SCc3cn4ccsc4n3)s2)c1C. The van der Waals surface area contributed by atoms with E-state index in [-0.39, 0.29) is 0 Å². The van der Waals surface area contributed by atoms with Crippen LogP contribution in [0.2, 0.25) is 0 Å². The van der Waals surface area contributed by atoms with Gasteiger partial charge in [-0.2, -0.15) is 0 Å². The summed E-state index contributed by atoms with van der Waals surface area (Å²) in [5.74, 6) is 0.798. The molecule has 0 aliphatic heterocycles. The van der Waals surface area contributed by atoms with Crippen LogP contribution in [0.25, 0.3) is 4.96 Å². The smallest absolute Gasteiger partial charge is 0.210 e. The minimum Gasteiger partial charge on any atom is -0.330 e. The maximum Gasteiger partial charge on any atom is 0.210 e. The van der Waals surface area contributed by atoms with E-state index in [0.717, 1.165) is 31.6 Å². The van der Waals surface area contributed by atoms with Crippen molar-refractivity contribution in [1.29, 1.82) is 0 Å². The zero-order valence-electron chi connectivity index (χ0n) is 13.2. The molecule has 0 fully saturated rings. The fourth-order valence-electron chi connectivity index (χ4n) is 2.30. The quantitative estimate of drug-likeness (QED) is 0.504. The first-order valence-corrected chi connectivity index (χ1v) is 10.1. The van der Waals surface area contributed by atoms with E-state index in [1.54, 1.807) is 34.4 Å². The Bertz CT molecular complexity index is 956. The molecule has 0 bridgehead atoms. The molecule has 8 heteroatoms. The zero-order valence-corrected chi connectivity index (χ0v) is 15.6. The van der Waals surface area contributed by atoms with Crippen molar-refractivity contribution >= 4 is 50.2 Å². The van der Waals surface area contributed by atoms with Gasteiger partial charge in [0.1, 0.15) is 0 Å². The average Bonchev–Trinajstić information content (AvgIpc) is 3.25. The summed E-state index contributed by atoms with van der Waals surface area (Å²) in [6.07, 6.45) is 4.09. The fraction of sp³-hybridized carbons (Fsp3) is 0.188. The van der Waals surface area contributed by atoms with Crippen LogP contribution in [0.5, 0.6) is 0 Å². The standard InChI is InChI=1S/C16H15N5S3/c1-10-4-3-5-13(11(10)2)18-14-19-20-16(24-14)23-9-12-8-21-6-7-22-15(21)17-12/h3-8H,9H2,1-2H3,(H,18,19). The van der Waals surface area contributed by atoms with Gasteiger partial charge in [0.25, 0.3) is 0 Å². The van der Waals surface area contributed by atoms with E-state index in [4.69, 9.17) is 0 Å². The lowest BCUT2D eigenvalue weighted by atomic mass is 10.1. The van der Waals surface area contributed by atoms with Gasteiger partial charge in [-0.05, 0) is 31.0 Å². The van der Waals surface area contributed by atoms with Gasteiger partial charge in [-0.25, -0.2) is 4.98 Å². The molecule has 0 spiro atoms. The molecule has 0 saturated heterocycles. The van der Waals surface area contributed by atoms with Crippen LogP contribution in [-0.2, 0) is 5.75 Å². The number of hydrogen-bond acceptors (Lipinski definition) is 7. The van der Waals surface area contributed by atoms with Gasteiger partial charge in [0.15, 0.2) is 9.30 Å². The molecule has 3 aromatic heterocycles. The first kappa shape index (κ1) is 15.6. The molecular formula is C16H15N5S3. The monoisotopic (exact) mass is 373 g/mol. The number of thioether (sulfide) groups is 1. The lowest BCUT2D eigenvalue weighted by Gasteiger charge is -2.08. The van der Waals surface area contributed by atoms with Gasteiger partial charge < -0.3 is 5.32 Å². The molecule has 0 amide bonds. The summed E-state index contributed by atoms with van der Waals surface area (Å²) in [4.78, 5) is 5.61. The second kappa shape index (κ2) is 6.54. The number of imidazole rings is 1. The Labute approximate surface area is 151 Å². The summed E-state index contributed by atoms with van der Waals surface area (Å²) in [5.41, 5.74) is 4.64. The third-order valence-electron chi connectivity index (χ3n) is 3.74. The summed E-state index contributed by atoms with van der Waals surface area (Å²) in [6.45, 7) is 4.22. The molecular weight excluding hydrogens is 358 g/mol. The maximum absolute atomic E-state index is 4.59. The number of hydrogen-bond donors (Lipinski definition) is 1. The molecule has 4 rings (SSSR count). The molecule has 5 nitrogen and oxygen atoms in total. The first-order valence-electron chi connectivity index (χ1n) is 7.39. The lowest BCUT2D eigenvalue weighted by molar-refractivity contribution is 1.01. The predicted molar refractivity (Wildman–Crippen MR) is 102 cm³/mol. The van der Waals surface area contributed by atoms with E-state index >= 15 is 0 Å². The van der Waals surface area contributed by atoms with Gasteiger partial charge in [0.2, 0.25) is 5.13 Å². The third kappa shape index (κ3) is 3.17. The van der Waals surface area contributed by atoms with Crippen LogP contribution in [-0.4, -0.2) is 19.6 Å². The van der Waals surface area contributed by atoms with Crippen molar-refractivity contribution in [2.75, 3.05) is 5.32 Å². The third-order valence-corrected chi connectivity index (χ3v) is 6.52. The van der Waals surface area contributed by atoms with Crippen LogP contribution in [0.15, 0.2) is 40.3 Å². The predicted octanol–water partition coefficient (Wildman–Crippen LogP) is 4.90. The first-order chi connectivity index (χ1) is 11.7. The van der Waals surface area contributed by atoms with Crippen LogP contribution in [0.4, 0.5) is 10.8 Å². The van der Waals surface area contributed by atoms with Crippen molar-refractivity contribution in [3.63, 3.8) is 0 Å². The Kier molecular flexibility index (Phi) is 4.26. The van der Waals surface area contributed by atoms with E-state index in [9.17, 15) is 0 Å². The summed E-state index contributed by atoms with van der Waals surface area (Å²) in [6, 6.07) is 6.22. The number of fused-ring (bicyclic) bond motifs is 1. The van der Waals surface area contributed by atoms with Crippen LogP contribution in [0.3, 0.4) is 0 Å². The molecule has 0 saturated carbocycles. The minimum absolute atomic E-state index is 0.798. The number of nitrogens with one attached hydrogen (secondary N) is 1. The average molecular weight is 374 g/mol. The van der Waals surface area contributed by atoms with E-state index in [1.165, 1.54) is 11.1 Å². The molecule has 24 heavy (non-hydrogen) atoms. The second-order valence-electron chi connectivity index (χ2n) is 5.36. The summed E-state index contributed by atoms with van der Waals surface area (Å²) in [5, 5.41) is 14.7. The Morgan fingerprint density at radius 2 is 2.17 bits per heavy atom. The van der Waals surface area contributed by atoms with Crippen LogP contribution >= 0.6 is 34.4 Å². The van der Waals surface area contributed by atoms with Crippen LogP contribution in [0, 0.1) is 13.8 Å². The van der Waals surface area contributed by atoms with E-state index < -0.39 is 0 Å². The Balaban J connectivity index is 1.42. The number of thiazole rings is 1. The highest BCUT2D eigenvalue weighted by atomic mass is 32.2. The normalized spacial score (nSPS) is 11.2. The highest BCUT2D eigenvalue weighted by molar-refractivity contribution is 8.00. The van der Waals surface area contributed by atoms with Crippen LogP contribution in [0.1, 0.15) is 16.8 Å². The molecule has 0 aliphatic rings. The zero-order chi connectivity index (χ0) is 16.5. The molecule has 4 aromatic rings. The molecule has 122 valence electrons. The number of aromatic nitrogens is 4. The number of anilines is 2. The number of rotatable bonds is 5. The number of aryl methyl sites for hydroxylation is 1. The van der Waals surface area contributed by atoms with Crippen molar-refractivity contribution in [3.05, 3.63) is 52.8 Å². The molecule has 0 radical (unpaired) electrons. The molecule has 0 aliphatic carbocycles. The van der Waals surface area contributed by atoms with Crippen molar-refractivity contribution in [1.82, 2.24) is 19.6 Å². The van der Waals surface area contributed by atoms with Gasteiger partial charge in [-0.15, -0.1) is 21.5 Å².